The van der Waals surface area contributed by atoms with Crippen LogP contribution in [0.15, 0.2) is 30.3 Å². The molecule has 0 saturated carbocycles. The molecule has 0 aliphatic carbocycles. The zero-order chi connectivity index (χ0) is 17.7. The average molecular weight is 331 g/mol. The lowest BCUT2D eigenvalue weighted by Crippen LogP contribution is -2.28. The van der Waals surface area contributed by atoms with Crippen molar-refractivity contribution in [3.63, 3.8) is 0 Å². The number of nitrogens with one attached hydrogen (secondary N) is 1. The Morgan fingerprint density at radius 2 is 2.04 bits per heavy atom. The lowest BCUT2D eigenvalue weighted by Gasteiger charge is -2.19. The number of benzene rings is 1. The number of aliphatic hydroxyl groups excluding tert-OH is 1. The number of rotatable bonds is 6. The molecular weight excluding hydrogens is 306 g/mol. The first-order chi connectivity index (χ1) is 11.3. The molecule has 6 nitrogen and oxygen atoms in total. The number of aromatic nitrogens is 2. The maximum absolute atomic E-state index is 12.1. The fraction of sp³-hybridized carbons (Fsp3) is 0.444. The van der Waals surface area contributed by atoms with Gasteiger partial charge in [-0.3, -0.25) is 4.79 Å². The Morgan fingerprint density at radius 3 is 2.67 bits per heavy atom. The highest BCUT2D eigenvalue weighted by Gasteiger charge is 2.16. The van der Waals surface area contributed by atoms with Gasteiger partial charge >= 0.3 is 0 Å². The Morgan fingerprint density at radius 1 is 1.33 bits per heavy atom. The number of amides is 1. The van der Waals surface area contributed by atoms with E-state index in [0.29, 0.717) is 12.4 Å². The van der Waals surface area contributed by atoms with E-state index >= 15 is 0 Å². The molecule has 0 spiro atoms. The molecule has 0 atom stereocenters. The van der Waals surface area contributed by atoms with Crippen LogP contribution in [-0.4, -0.2) is 39.6 Å². The second-order valence-electron chi connectivity index (χ2n) is 6.63. The van der Waals surface area contributed by atoms with Crippen molar-refractivity contribution in [1.29, 1.82) is 0 Å². The van der Waals surface area contributed by atoms with Gasteiger partial charge in [-0.15, -0.1) is 0 Å². The normalized spacial score (nSPS) is 11.5. The molecular formula is C18H25N3O3. The van der Waals surface area contributed by atoms with Gasteiger partial charge in [0.2, 0.25) is 0 Å². The van der Waals surface area contributed by atoms with Gasteiger partial charge in [0.15, 0.2) is 0 Å². The third-order valence-electron chi connectivity index (χ3n) is 3.42. The first-order valence-corrected chi connectivity index (χ1v) is 7.98. The summed E-state index contributed by atoms with van der Waals surface area (Å²) in [6.07, 6.45) is 0. The molecule has 24 heavy (non-hydrogen) atoms. The number of hydrogen-bond acceptors (Lipinski definition) is 4. The number of aliphatic hydroxyl groups is 1. The van der Waals surface area contributed by atoms with Crippen molar-refractivity contribution in [1.82, 2.24) is 9.78 Å². The van der Waals surface area contributed by atoms with Gasteiger partial charge in [-0.1, -0.05) is 24.3 Å². The molecule has 2 rings (SSSR count). The quantitative estimate of drug-likeness (QED) is 0.853. The summed E-state index contributed by atoms with van der Waals surface area (Å²) in [7, 11) is 0. The molecule has 6 heteroatoms. The smallest absolute Gasteiger partial charge is 0.251 e. The zero-order valence-corrected chi connectivity index (χ0v) is 14.7. The van der Waals surface area contributed by atoms with Crippen LogP contribution in [0.1, 0.15) is 26.3 Å². The molecule has 1 aromatic carbocycles. The van der Waals surface area contributed by atoms with Crippen LogP contribution in [0.3, 0.4) is 0 Å². The molecule has 0 aliphatic rings. The molecule has 2 N–H and O–H groups in total. The van der Waals surface area contributed by atoms with E-state index in [9.17, 15) is 9.90 Å². The molecule has 1 aromatic heterocycles. The van der Waals surface area contributed by atoms with E-state index < -0.39 is 0 Å². The Bertz CT molecular complexity index is 702. The lowest BCUT2D eigenvalue weighted by atomic mass is 10.1. The number of ether oxygens (including phenoxy) is 1. The molecule has 0 unspecified atom stereocenters. The minimum Gasteiger partial charge on any atom is -0.394 e. The Balaban J connectivity index is 2.20. The lowest BCUT2D eigenvalue weighted by molar-refractivity contribution is -0.125. The minimum atomic E-state index is -0.380. The fourth-order valence-electron chi connectivity index (χ4n) is 2.24. The van der Waals surface area contributed by atoms with Crippen LogP contribution in [0.4, 0.5) is 5.82 Å². The largest absolute Gasteiger partial charge is 0.394 e. The van der Waals surface area contributed by atoms with Gasteiger partial charge in [0.1, 0.15) is 12.4 Å². The van der Waals surface area contributed by atoms with Crippen molar-refractivity contribution in [2.24, 2.45) is 0 Å². The van der Waals surface area contributed by atoms with Gasteiger partial charge in [-0.05, 0) is 33.3 Å². The van der Waals surface area contributed by atoms with Crippen molar-refractivity contribution in [3.05, 3.63) is 35.9 Å². The summed E-state index contributed by atoms with van der Waals surface area (Å²) in [4.78, 5) is 12.1. The van der Waals surface area contributed by atoms with Crippen molar-refractivity contribution in [2.75, 3.05) is 18.5 Å². The second-order valence-corrected chi connectivity index (χ2v) is 6.63. The van der Waals surface area contributed by atoms with Crippen LogP contribution >= 0.6 is 0 Å². The standard InChI is InChI=1S/C18H25N3O3/c1-13-7-5-6-8-14(13)15-11-16(21(20-15)9-10-22)19-17(23)12-24-18(2,3)4/h5-8,11,22H,9-10,12H2,1-4H3,(H,19,23). The molecule has 0 radical (unpaired) electrons. The first kappa shape index (κ1) is 18.2. The van der Waals surface area contributed by atoms with Crippen LogP contribution in [-0.2, 0) is 16.1 Å². The van der Waals surface area contributed by atoms with E-state index in [2.05, 4.69) is 10.4 Å². The summed E-state index contributed by atoms with van der Waals surface area (Å²) in [6.45, 7) is 7.91. The third kappa shape index (κ3) is 4.91. The Labute approximate surface area is 142 Å². The van der Waals surface area contributed by atoms with Crippen LogP contribution in [0, 0.1) is 6.92 Å². The topological polar surface area (TPSA) is 76.4 Å². The molecule has 2 aromatic rings. The number of hydrogen-bond donors (Lipinski definition) is 2. The minimum absolute atomic E-state index is 0.0342. The average Bonchev–Trinajstić information content (AvgIpc) is 2.88. The van der Waals surface area contributed by atoms with E-state index in [0.717, 1.165) is 16.8 Å². The number of aryl methyl sites for hydroxylation is 1. The fourth-order valence-corrected chi connectivity index (χ4v) is 2.24. The summed E-state index contributed by atoms with van der Waals surface area (Å²) in [5, 5.41) is 16.5. The number of carbonyl (C=O) groups excluding carboxylic acids is 1. The third-order valence-corrected chi connectivity index (χ3v) is 3.42. The summed E-state index contributed by atoms with van der Waals surface area (Å²) in [5.74, 6) is 0.296. The summed E-state index contributed by atoms with van der Waals surface area (Å²) >= 11 is 0. The predicted octanol–water partition coefficient (Wildman–Crippen LogP) is 2.60. The molecule has 0 aliphatic heterocycles. The van der Waals surface area contributed by atoms with Gasteiger partial charge in [0, 0.05) is 11.6 Å². The molecule has 0 saturated heterocycles. The van der Waals surface area contributed by atoms with E-state index in [1.807, 2.05) is 58.0 Å². The summed E-state index contributed by atoms with van der Waals surface area (Å²) in [5.41, 5.74) is 2.47. The van der Waals surface area contributed by atoms with Crippen molar-refractivity contribution >= 4 is 11.7 Å². The van der Waals surface area contributed by atoms with Gasteiger partial charge in [0.25, 0.3) is 5.91 Å². The molecule has 0 bridgehead atoms. The summed E-state index contributed by atoms with van der Waals surface area (Å²) in [6, 6.07) is 9.72. The zero-order valence-electron chi connectivity index (χ0n) is 14.7. The second kappa shape index (κ2) is 7.59. The molecule has 1 heterocycles. The number of carbonyl (C=O) groups is 1. The van der Waals surface area contributed by atoms with E-state index in [4.69, 9.17) is 4.74 Å². The highest BCUT2D eigenvalue weighted by Crippen LogP contribution is 2.25. The van der Waals surface area contributed by atoms with E-state index in [1.54, 1.807) is 4.68 Å². The SMILES string of the molecule is Cc1ccccc1-c1cc(NC(=O)COC(C)(C)C)n(CCO)n1. The molecule has 130 valence electrons. The monoisotopic (exact) mass is 331 g/mol. The van der Waals surface area contributed by atoms with Crippen LogP contribution < -0.4 is 5.32 Å². The van der Waals surface area contributed by atoms with Crippen molar-refractivity contribution in [2.45, 2.75) is 39.8 Å². The van der Waals surface area contributed by atoms with E-state index in [1.165, 1.54) is 0 Å². The van der Waals surface area contributed by atoms with Crippen molar-refractivity contribution in [3.8, 4) is 11.3 Å². The highest BCUT2D eigenvalue weighted by atomic mass is 16.5. The maximum atomic E-state index is 12.1. The van der Waals surface area contributed by atoms with Gasteiger partial charge in [-0.2, -0.15) is 5.10 Å². The number of anilines is 1. The van der Waals surface area contributed by atoms with Gasteiger partial charge < -0.3 is 15.2 Å². The molecule has 1 amide bonds. The first-order valence-electron chi connectivity index (χ1n) is 7.98. The van der Waals surface area contributed by atoms with Gasteiger partial charge in [-0.25, -0.2) is 4.68 Å². The van der Waals surface area contributed by atoms with Gasteiger partial charge in [0.05, 0.1) is 24.4 Å². The Hall–Kier alpha value is -2.18. The number of nitrogens with zero attached hydrogens (tertiary/aromatic N) is 2. The summed E-state index contributed by atoms with van der Waals surface area (Å²) < 4.78 is 7.08. The molecule has 0 fully saturated rings. The van der Waals surface area contributed by atoms with Crippen LogP contribution in [0.5, 0.6) is 0 Å². The van der Waals surface area contributed by atoms with Crippen LogP contribution in [0.25, 0.3) is 11.3 Å². The van der Waals surface area contributed by atoms with Crippen LogP contribution in [0.2, 0.25) is 0 Å². The Kier molecular flexibility index (Phi) is 5.75. The maximum Gasteiger partial charge on any atom is 0.251 e. The highest BCUT2D eigenvalue weighted by molar-refractivity contribution is 5.91. The van der Waals surface area contributed by atoms with E-state index in [-0.39, 0.29) is 24.7 Å². The predicted molar refractivity (Wildman–Crippen MR) is 93.8 cm³/mol. The van der Waals surface area contributed by atoms with Crippen molar-refractivity contribution < 1.29 is 14.6 Å².